The number of nitrogens with zero attached hydrogens (tertiary/aromatic N) is 2. The number of phenols is 1. The minimum absolute atomic E-state index is 0.206. The Hall–Kier alpha value is -3.47. The molecular weight excluding hydrogens is 304 g/mol. The quantitative estimate of drug-likeness (QED) is 0.651. The minimum Gasteiger partial charge on any atom is -0.507 e. The summed E-state index contributed by atoms with van der Waals surface area (Å²) in [5.74, 6) is -1.51. The number of aromatic carboxylic acids is 1. The van der Waals surface area contributed by atoms with E-state index in [1.807, 2.05) is 54.6 Å². The van der Waals surface area contributed by atoms with Crippen LogP contribution < -0.4 is 0 Å². The fourth-order valence-electron chi connectivity index (χ4n) is 2.29. The van der Waals surface area contributed by atoms with Gasteiger partial charge >= 0.3 is 5.97 Å². The molecule has 0 heterocycles. The Morgan fingerprint density at radius 3 is 2.29 bits per heavy atom. The van der Waals surface area contributed by atoms with Gasteiger partial charge in [-0.25, -0.2) is 4.79 Å². The van der Waals surface area contributed by atoms with Crippen LogP contribution >= 0.6 is 0 Å². The number of carbonyl (C=O) groups is 1. The first kappa shape index (κ1) is 15.4. The number of azo groups is 1. The van der Waals surface area contributed by atoms with Crippen LogP contribution in [0.2, 0.25) is 0 Å². The van der Waals surface area contributed by atoms with Gasteiger partial charge in [0, 0.05) is 5.56 Å². The van der Waals surface area contributed by atoms with Gasteiger partial charge in [-0.3, -0.25) is 0 Å². The third kappa shape index (κ3) is 3.30. The van der Waals surface area contributed by atoms with Gasteiger partial charge in [-0.05, 0) is 29.8 Å². The van der Waals surface area contributed by atoms with Crippen molar-refractivity contribution in [1.29, 1.82) is 0 Å². The van der Waals surface area contributed by atoms with Gasteiger partial charge < -0.3 is 10.2 Å². The molecule has 0 amide bonds. The minimum atomic E-state index is -1.21. The Labute approximate surface area is 138 Å². The van der Waals surface area contributed by atoms with Gasteiger partial charge in [0.25, 0.3) is 0 Å². The first-order valence-electron chi connectivity index (χ1n) is 7.27. The van der Waals surface area contributed by atoms with E-state index >= 15 is 0 Å². The van der Waals surface area contributed by atoms with E-state index in [1.54, 1.807) is 0 Å². The molecule has 0 spiro atoms. The van der Waals surface area contributed by atoms with Crippen molar-refractivity contribution in [3.05, 3.63) is 78.4 Å². The van der Waals surface area contributed by atoms with Crippen molar-refractivity contribution in [3.63, 3.8) is 0 Å². The van der Waals surface area contributed by atoms with Crippen molar-refractivity contribution >= 4 is 17.3 Å². The summed E-state index contributed by atoms with van der Waals surface area (Å²) in [5.41, 5.74) is 2.77. The summed E-state index contributed by atoms with van der Waals surface area (Å²) in [5, 5.41) is 26.9. The number of benzene rings is 3. The zero-order valence-electron chi connectivity index (χ0n) is 12.6. The molecule has 3 rings (SSSR count). The van der Waals surface area contributed by atoms with Crippen molar-refractivity contribution < 1.29 is 15.0 Å². The second kappa shape index (κ2) is 6.75. The predicted molar refractivity (Wildman–Crippen MR) is 91.1 cm³/mol. The smallest absolute Gasteiger partial charge is 0.339 e. The molecule has 3 aromatic carbocycles. The van der Waals surface area contributed by atoms with Gasteiger partial charge in [-0.1, -0.05) is 48.5 Å². The van der Waals surface area contributed by atoms with Crippen LogP contribution in [0, 0.1) is 0 Å². The van der Waals surface area contributed by atoms with E-state index in [9.17, 15) is 9.90 Å². The molecule has 0 radical (unpaired) electrons. The maximum Gasteiger partial charge on any atom is 0.339 e. The number of aromatic hydroxyl groups is 1. The Morgan fingerprint density at radius 1 is 0.833 bits per heavy atom. The van der Waals surface area contributed by atoms with Gasteiger partial charge in [0.05, 0.1) is 11.4 Å². The summed E-state index contributed by atoms with van der Waals surface area (Å²) < 4.78 is 0. The first-order valence-corrected chi connectivity index (χ1v) is 7.27. The van der Waals surface area contributed by atoms with Crippen LogP contribution in [0.4, 0.5) is 11.4 Å². The molecule has 0 saturated carbocycles. The normalized spacial score (nSPS) is 10.8. The van der Waals surface area contributed by atoms with Gasteiger partial charge in [-0.2, -0.15) is 5.11 Å². The van der Waals surface area contributed by atoms with Crippen LogP contribution in [-0.2, 0) is 0 Å². The third-order valence-corrected chi connectivity index (χ3v) is 3.47. The van der Waals surface area contributed by atoms with E-state index in [1.165, 1.54) is 18.2 Å². The molecule has 5 heteroatoms. The monoisotopic (exact) mass is 318 g/mol. The van der Waals surface area contributed by atoms with E-state index in [4.69, 9.17) is 5.11 Å². The van der Waals surface area contributed by atoms with E-state index < -0.39 is 5.97 Å². The molecule has 0 aliphatic rings. The lowest BCUT2D eigenvalue weighted by molar-refractivity contribution is 0.0694. The largest absolute Gasteiger partial charge is 0.507 e. The van der Waals surface area contributed by atoms with Crippen LogP contribution in [0.15, 0.2) is 83.0 Å². The van der Waals surface area contributed by atoms with Crippen LogP contribution in [0.25, 0.3) is 11.1 Å². The molecule has 0 saturated heterocycles. The molecule has 0 bridgehead atoms. The lowest BCUT2D eigenvalue weighted by Crippen LogP contribution is -1.95. The number of carboxylic acid groups (broad SMARTS) is 1. The molecule has 0 fully saturated rings. The van der Waals surface area contributed by atoms with Crippen molar-refractivity contribution in [2.24, 2.45) is 10.2 Å². The van der Waals surface area contributed by atoms with Crippen molar-refractivity contribution in [3.8, 4) is 16.9 Å². The number of hydrogen-bond acceptors (Lipinski definition) is 4. The highest BCUT2D eigenvalue weighted by Crippen LogP contribution is 2.31. The van der Waals surface area contributed by atoms with E-state index in [-0.39, 0.29) is 11.3 Å². The van der Waals surface area contributed by atoms with Gasteiger partial charge in [0.15, 0.2) is 0 Å². The van der Waals surface area contributed by atoms with Gasteiger partial charge in [-0.15, -0.1) is 5.11 Å². The second-order valence-corrected chi connectivity index (χ2v) is 5.09. The summed E-state index contributed by atoms with van der Waals surface area (Å²) in [4.78, 5) is 11.1. The number of rotatable bonds is 4. The molecule has 0 aromatic heterocycles. The summed E-state index contributed by atoms with van der Waals surface area (Å²) in [6, 6.07) is 21.5. The zero-order valence-corrected chi connectivity index (χ0v) is 12.6. The molecular formula is C19H14N2O3. The van der Waals surface area contributed by atoms with Crippen LogP contribution in [0.1, 0.15) is 10.4 Å². The number of hydrogen-bond donors (Lipinski definition) is 2. The SMILES string of the molecule is O=C(O)c1cc(/N=N/c2ccccc2-c2ccccc2)ccc1O. The molecule has 0 atom stereocenters. The van der Waals surface area contributed by atoms with E-state index in [0.717, 1.165) is 11.1 Å². The summed E-state index contributed by atoms with van der Waals surface area (Å²) in [6.45, 7) is 0. The summed E-state index contributed by atoms with van der Waals surface area (Å²) in [6.07, 6.45) is 0. The Balaban J connectivity index is 1.96. The maximum atomic E-state index is 11.1. The summed E-state index contributed by atoms with van der Waals surface area (Å²) >= 11 is 0. The van der Waals surface area contributed by atoms with Crippen molar-refractivity contribution in [2.75, 3.05) is 0 Å². The fraction of sp³-hybridized carbons (Fsp3) is 0. The molecule has 0 aliphatic carbocycles. The van der Waals surface area contributed by atoms with Crippen molar-refractivity contribution in [2.45, 2.75) is 0 Å². The second-order valence-electron chi connectivity index (χ2n) is 5.09. The van der Waals surface area contributed by atoms with Crippen LogP contribution in [0.5, 0.6) is 5.75 Å². The molecule has 0 unspecified atom stereocenters. The molecule has 0 aliphatic heterocycles. The lowest BCUT2D eigenvalue weighted by Gasteiger charge is -2.05. The molecule has 2 N–H and O–H groups in total. The third-order valence-electron chi connectivity index (χ3n) is 3.47. The highest BCUT2D eigenvalue weighted by Gasteiger charge is 2.10. The van der Waals surface area contributed by atoms with Crippen LogP contribution in [-0.4, -0.2) is 16.2 Å². The predicted octanol–water partition coefficient (Wildman–Crippen LogP) is 5.17. The van der Waals surface area contributed by atoms with Gasteiger partial charge in [0.1, 0.15) is 11.3 Å². The first-order chi connectivity index (χ1) is 11.6. The van der Waals surface area contributed by atoms with Crippen LogP contribution in [0.3, 0.4) is 0 Å². The number of carboxylic acids is 1. The maximum absolute atomic E-state index is 11.1. The Morgan fingerprint density at radius 2 is 1.54 bits per heavy atom. The molecule has 118 valence electrons. The Bertz CT molecular complexity index is 905. The lowest BCUT2D eigenvalue weighted by atomic mass is 10.0. The highest BCUT2D eigenvalue weighted by atomic mass is 16.4. The van der Waals surface area contributed by atoms with E-state index in [0.29, 0.717) is 11.4 Å². The topological polar surface area (TPSA) is 82.2 Å². The fourth-order valence-corrected chi connectivity index (χ4v) is 2.29. The average Bonchev–Trinajstić information content (AvgIpc) is 2.62. The van der Waals surface area contributed by atoms with Crippen molar-refractivity contribution in [1.82, 2.24) is 0 Å². The average molecular weight is 318 g/mol. The van der Waals surface area contributed by atoms with E-state index in [2.05, 4.69) is 10.2 Å². The highest BCUT2D eigenvalue weighted by molar-refractivity contribution is 5.91. The Kier molecular flexibility index (Phi) is 4.34. The van der Waals surface area contributed by atoms with Gasteiger partial charge in [0.2, 0.25) is 0 Å². The molecule has 24 heavy (non-hydrogen) atoms. The zero-order chi connectivity index (χ0) is 16.9. The standard InChI is InChI=1S/C19H14N2O3/c22-18-11-10-14(12-16(18)19(23)24)20-21-17-9-5-4-8-15(17)13-6-2-1-3-7-13/h1-12,22H,(H,23,24)/b21-20+. The molecule has 5 nitrogen and oxygen atoms in total. The molecule has 3 aromatic rings. The summed E-state index contributed by atoms with van der Waals surface area (Å²) in [7, 11) is 0.